The largest absolute Gasteiger partial charge is 0.393 e. The lowest BCUT2D eigenvalue weighted by Gasteiger charge is -2.14. The minimum Gasteiger partial charge on any atom is -0.393 e. The van der Waals surface area contributed by atoms with Gasteiger partial charge in [-0.1, -0.05) is 31.2 Å². The molecular weight excluding hydrogens is 304 g/mol. The van der Waals surface area contributed by atoms with E-state index in [4.69, 9.17) is 0 Å². The van der Waals surface area contributed by atoms with Crippen molar-refractivity contribution in [1.29, 1.82) is 0 Å². The van der Waals surface area contributed by atoms with Crippen LogP contribution in [0.1, 0.15) is 31.4 Å². The minimum absolute atomic E-state index is 0.190. The van der Waals surface area contributed by atoms with Gasteiger partial charge in [-0.05, 0) is 36.5 Å². The highest BCUT2D eigenvalue weighted by Gasteiger charge is 2.08. The van der Waals surface area contributed by atoms with Crippen LogP contribution in [0.3, 0.4) is 0 Å². The van der Waals surface area contributed by atoms with Gasteiger partial charge < -0.3 is 15.7 Å². The fourth-order valence-corrected chi connectivity index (χ4v) is 2.60. The molecule has 2 atom stereocenters. The maximum atomic E-state index is 11.8. The molecule has 0 aliphatic carbocycles. The van der Waals surface area contributed by atoms with Crippen molar-refractivity contribution in [3.63, 3.8) is 0 Å². The quantitative estimate of drug-likeness (QED) is 0.694. The molecule has 2 aromatic rings. The molecule has 24 heavy (non-hydrogen) atoms. The second-order valence-corrected chi connectivity index (χ2v) is 6.28. The highest BCUT2D eigenvalue weighted by atomic mass is 16.3. The van der Waals surface area contributed by atoms with Gasteiger partial charge in [-0.15, -0.1) is 0 Å². The predicted molar refractivity (Wildman–Crippen MR) is 93.5 cm³/mol. The highest BCUT2D eigenvalue weighted by molar-refractivity contribution is 5.73. The smallest absolute Gasteiger partial charge is 0.315 e. The van der Waals surface area contributed by atoms with E-state index in [9.17, 15) is 9.90 Å². The van der Waals surface area contributed by atoms with E-state index in [0.29, 0.717) is 26.1 Å². The molecule has 3 N–H and O–H groups in total. The molecule has 2 amide bonds. The Morgan fingerprint density at radius 3 is 2.75 bits per heavy atom. The third-order valence-corrected chi connectivity index (χ3v) is 3.70. The summed E-state index contributed by atoms with van der Waals surface area (Å²) >= 11 is 0. The molecular formula is C18H26N4O2. The van der Waals surface area contributed by atoms with E-state index in [1.807, 2.05) is 42.1 Å². The van der Waals surface area contributed by atoms with Crippen LogP contribution in [0.25, 0.3) is 0 Å². The summed E-state index contributed by atoms with van der Waals surface area (Å²) in [6.07, 6.45) is 4.01. The molecule has 0 saturated carbocycles. The molecule has 130 valence electrons. The monoisotopic (exact) mass is 330 g/mol. The number of hydrogen-bond donors (Lipinski definition) is 3. The van der Waals surface area contributed by atoms with Crippen molar-refractivity contribution in [3.8, 4) is 0 Å². The van der Waals surface area contributed by atoms with E-state index >= 15 is 0 Å². The summed E-state index contributed by atoms with van der Waals surface area (Å²) in [5.41, 5.74) is 2.19. The third kappa shape index (κ3) is 6.42. The number of benzene rings is 1. The number of urea groups is 1. The van der Waals surface area contributed by atoms with Crippen LogP contribution < -0.4 is 10.6 Å². The maximum absolute atomic E-state index is 11.8. The van der Waals surface area contributed by atoms with Gasteiger partial charge in [-0.2, -0.15) is 5.10 Å². The lowest BCUT2D eigenvalue weighted by molar-refractivity contribution is 0.163. The van der Waals surface area contributed by atoms with Gasteiger partial charge in [0, 0.05) is 25.5 Å². The van der Waals surface area contributed by atoms with Crippen molar-refractivity contribution in [2.75, 3.05) is 6.54 Å². The molecule has 2 rings (SSSR count). The van der Waals surface area contributed by atoms with Crippen LogP contribution in [-0.4, -0.2) is 33.6 Å². The van der Waals surface area contributed by atoms with Gasteiger partial charge in [0.05, 0.1) is 12.6 Å². The molecule has 0 aliphatic rings. The predicted octanol–water partition coefficient (Wildman–Crippen LogP) is 2.14. The standard InChI is InChI=1S/C18H26N4O2/c1-14(9-15(2)23)11-19-18(24)20-12-16-5-3-6-17(10-16)13-22-8-4-7-21-22/h3-8,10,14-15,23H,9,11-13H2,1-2H3,(H2,19,20,24). The highest BCUT2D eigenvalue weighted by Crippen LogP contribution is 2.07. The first-order valence-electron chi connectivity index (χ1n) is 8.28. The van der Waals surface area contributed by atoms with Crippen LogP contribution in [0, 0.1) is 5.92 Å². The van der Waals surface area contributed by atoms with Crippen molar-refractivity contribution in [3.05, 3.63) is 53.9 Å². The minimum atomic E-state index is -0.345. The average molecular weight is 330 g/mol. The van der Waals surface area contributed by atoms with Crippen molar-refractivity contribution in [2.24, 2.45) is 5.92 Å². The summed E-state index contributed by atoms with van der Waals surface area (Å²) in [7, 11) is 0. The normalized spacial score (nSPS) is 13.3. The number of carbonyl (C=O) groups is 1. The number of amides is 2. The fourth-order valence-electron chi connectivity index (χ4n) is 2.60. The fraction of sp³-hybridized carbons (Fsp3) is 0.444. The molecule has 2 unspecified atom stereocenters. The van der Waals surface area contributed by atoms with Gasteiger partial charge in [0.25, 0.3) is 0 Å². The van der Waals surface area contributed by atoms with E-state index in [0.717, 1.165) is 11.1 Å². The van der Waals surface area contributed by atoms with Crippen LogP contribution in [-0.2, 0) is 13.1 Å². The number of hydrogen-bond acceptors (Lipinski definition) is 3. The van der Waals surface area contributed by atoms with Crippen LogP contribution in [0.5, 0.6) is 0 Å². The van der Waals surface area contributed by atoms with Crippen LogP contribution in [0.2, 0.25) is 0 Å². The van der Waals surface area contributed by atoms with Crippen molar-refractivity contribution < 1.29 is 9.90 Å². The number of nitrogens with one attached hydrogen (secondary N) is 2. The summed E-state index contributed by atoms with van der Waals surface area (Å²) in [5.74, 6) is 0.244. The summed E-state index contributed by atoms with van der Waals surface area (Å²) in [6.45, 7) is 5.50. The van der Waals surface area contributed by atoms with Crippen molar-refractivity contribution >= 4 is 6.03 Å². The summed E-state index contributed by atoms with van der Waals surface area (Å²) in [5, 5.41) is 19.2. The Hall–Kier alpha value is -2.34. The van der Waals surface area contributed by atoms with Gasteiger partial charge in [0.15, 0.2) is 0 Å². The van der Waals surface area contributed by atoms with Gasteiger partial charge in [0.2, 0.25) is 0 Å². The maximum Gasteiger partial charge on any atom is 0.315 e. The van der Waals surface area contributed by atoms with Crippen LogP contribution in [0.4, 0.5) is 4.79 Å². The Morgan fingerprint density at radius 1 is 1.25 bits per heavy atom. The molecule has 6 nitrogen and oxygen atoms in total. The zero-order valence-corrected chi connectivity index (χ0v) is 14.3. The molecule has 0 fully saturated rings. The molecule has 1 aromatic carbocycles. The second-order valence-electron chi connectivity index (χ2n) is 6.28. The third-order valence-electron chi connectivity index (χ3n) is 3.70. The second kappa shape index (κ2) is 9.08. The Bertz CT molecular complexity index is 626. The zero-order valence-electron chi connectivity index (χ0n) is 14.3. The number of aliphatic hydroxyl groups is 1. The van der Waals surface area contributed by atoms with Crippen LogP contribution in [0.15, 0.2) is 42.7 Å². The van der Waals surface area contributed by atoms with Crippen molar-refractivity contribution in [2.45, 2.75) is 39.5 Å². The van der Waals surface area contributed by atoms with E-state index in [-0.39, 0.29) is 18.1 Å². The Morgan fingerprint density at radius 2 is 2.04 bits per heavy atom. The average Bonchev–Trinajstić information content (AvgIpc) is 3.03. The topological polar surface area (TPSA) is 79.2 Å². The molecule has 0 saturated heterocycles. The SMILES string of the molecule is CC(O)CC(C)CNC(=O)NCc1cccc(Cn2cccn2)c1. The summed E-state index contributed by atoms with van der Waals surface area (Å²) < 4.78 is 1.86. The summed E-state index contributed by atoms with van der Waals surface area (Å²) in [6, 6.07) is 9.79. The lowest BCUT2D eigenvalue weighted by atomic mass is 10.1. The Kier molecular flexibility index (Phi) is 6.81. The molecule has 0 bridgehead atoms. The number of carbonyl (C=O) groups excluding carboxylic acids is 1. The van der Waals surface area contributed by atoms with Crippen molar-refractivity contribution in [1.82, 2.24) is 20.4 Å². The number of aliphatic hydroxyl groups excluding tert-OH is 1. The Balaban J connectivity index is 1.76. The van der Waals surface area contributed by atoms with E-state index in [1.54, 1.807) is 13.1 Å². The number of rotatable bonds is 8. The molecule has 1 heterocycles. The van der Waals surface area contributed by atoms with Crippen LogP contribution >= 0.6 is 0 Å². The van der Waals surface area contributed by atoms with Gasteiger partial charge >= 0.3 is 6.03 Å². The molecule has 0 radical (unpaired) electrons. The first-order valence-corrected chi connectivity index (χ1v) is 8.28. The summed E-state index contributed by atoms with van der Waals surface area (Å²) in [4.78, 5) is 11.8. The van der Waals surface area contributed by atoms with E-state index < -0.39 is 0 Å². The first kappa shape index (κ1) is 18.0. The molecule has 0 aliphatic heterocycles. The zero-order chi connectivity index (χ0) is 17.4. The Labute approximate surface area is 142 Å². The number of aromatic nitrogens is 2. The van der Waals surface area contributed by atoms with Gasteiger partial charge in [-0.25, -0.2) is 4.79 Å². The van der Waals surface area contributed by atoms with E-state index in [2.05, 4.69) is 21.8 Å². The lowest BCUT2D eigenvalue weighted by Crippen LogP contribution is -2.37. The van der Waals surface area contributed by atoms with Gasteiger partial charge in [0.1, 0.15) is 0 Å². The molecule has 1 aromatic heterocycles. The first-order chi connectivity index (χ1) is 11.5. The number of nitrogens with zero attached hydrogens (tertiary/aromatic N) is 2. The molecule has 6 heteroatoms. The van der Waals surface area contributed by atoms with Gasteiger partial charge in [-0.3, -0.25) is 4.68 Å². The van der Waals surface area contributed by atoms with E-state index in [1.165, 1.54) is 0 Å². The molecule has 0 spiro atoms.